The molecule has 3 heterocycles. The second-order valence-electron chi connectivity index (χ2n) is 8.00. The Kier molecular flexibility index (Phi) is 5.84. The summed E-state index contributed by atoms with van der Waals surface area (Å²) in [5, 5.41) is 4.28. The van der Waals surface area contributed by atoms with Crippen molar-refractivity contribution in [3.8, 4) is 22.8 Å². The number of nitrogens with zero attached hydrogens (tertiary/aromatic N) is 4. The van der Waals surface area contributed by atoms with E-state index in [9.17, 15) is 18.0 Å². The minimum atomic E-state index is -4.38. The fourth-order valence-electron chi connectivity index (χ4n) is 3.14. The van der Waals surface area contributed by atoms with Crippen molar-refractivity contribution in [1.29, 1.82) is 0 Å². The molecular formula is C23H18ClF3N4O2. The third-order valence-electron chi connectivity index (χ3n) is 5.37. The second-order valence-corrected chi connectivity index (χ2v) is 8.38. The highest BCUT2D eigenvalue weighted by molar-refractivity contribution is 6.29. The Hall–Kier alpha value is -3.46. The van der Waals surface area contributed by atoms with Crippen LogP contribution >= 0.6 is 11.6 Å². The summed E-state index contributed by atoms with van der Waals surface area (Å²) in [6.07, 6.45) is -1.21. The Labute approximate surface area is 191 Å². The van der Waals surface area contributed by atoms with Crippen LogP contribution in [0.2, 0.25) is 5.15 Å². The van der Waals surface area contributed by atoms with E-state index >= 15 is 0 Å². The van der Waals surface area contributed by atoms with Crippen molar-refractivity contribution in [1.82, 2.24) is 19.7 Å². The van der Waals surface area contributed by atoms with Crippen LogP contribution in [0.1, 0.15) is 25.0 Å². The van der Waals surface area contributed by atoms with E-state index in [0.717, 1.165) is 19.4 Å². The zero-order valence-corrected chi connectivity index (χ0v) is 18.4. The number of hydrogen-bond acceptors (Lipinski definition) is 5. The molecule has 1 aromatic carbocycles. The van der Waals surface area contributed by atoms with Crippen molar-refractivity contribution in [2.75, 3.05) is 0 Å². The first-order chi connectivity index (χ1) is 15.5. The lowest BCUT2D eigenvalue weighted by Crippen LogP contribution is -2.36. The third-order valence-corrected chi connectivity index (χ3v) is 5.60. The molecule has 0 radical (unpaired) electrons. The maximum atomic E-state index is 13.3. The van der Waals surface area contributed by atoms with Crippen molar-refractivity contribution in [3.05, 3.63) is 87.6 Å². The number of pyridine rings is 2. The Morgan fingerprint density at radius 2 is 1.70 bits per heavy atom. The molecule has 0 unspecified atom stereocenters. The number of halogens is 4. The molecule has 0 aliphatic carbocycles. The predicted molar refractivity (Wildman–Crippen MR) is 117 cm³/mol. The second kappa shape index (κ2) is 8.47. The SMILES string of the molecule is CC(C)(c1ccc(-c2noc(-c3ccc(=O)n(Cc4ccc(Cl)nc4)c3)n2)cc1)C(F)(F)F. The fourth-order valence-corrected chi connectivity index (χ4v) is 3.25. The number of rotatable bonds is 5. The first-order valence-electron chi connectivity index (χ1n) is 9.87. The van der Waals surface area contributed by atoms with Gasteiger partial charge in [0.1, 0.15) is 5.15 Å². The molecule has 0 amide bonds. The largest absolute Gasteiger partial charge is 0.397 e. The highest BCUT2D eigenvalue weighted by Crippen LogP contribution is 2.40. The molecule has 0 spiro atoms. The monoisotopic (exact) mass is 474 g/mol. The van der Waals surface area contributed by atoms with Crippen LogP contribution in [-0.2, 0) is 12.0 Å². The van der Waals surface area contributed by atoms with Crippen LogP contribution in [0.25, 0.3) is 22.8 Å². The van der Waals surface area contributed by atoms with Crippen molar-refractivity contribution in [2.45, 2.75) is 32.0 Å². The number of hydrogen-bond donors (Lipinski definition) is 0. The molecule has 0 atom stereocenters. The first-order valence-corrected chi connectivity index (χ1v) is 10.2. The minimum absolute atomic E-state index is 0.131. The van der Waals surface area contributed by atoms with Crippen LogP contribution in [0.5, 0.6) is 0 Å². The maximum absolute atomic E-state index is 13.3. The molecule has 0 fully saturated rings. The van der Waals surface area contributed by atoms with Crippen LogP contribution in [0, 0.1) is 0 Å². The summed E-state index contributed by atoms with van der Waals surface area (Å²) in [5.41, 5.74) is -0.270. The van der Waals surface area contributed by atoms with E-state index < -0.39 is 11.6 Å². The van der Waals surface area contributed by atoms with E-state index in [-0.39, 0.29) is 29.4 Å². The molecule has 3 aromatic heterocycles. The summed E-state index contributed by atoms with van der Waals surface area (Å²) < 4.78 is 46.6. The van der Waals surface area contributed by atoms with E-state index in [1.165, 1.54) is 34.9 Å². The summed E-state index contributed by atoms with van der Waals surface area (Å²) in [6, 6.07) is 12.2. The fraction of sp³-hybridized carbons (Fsp3) is 0.217. The molecule has 0 saturated heterocycles. The lowest BCUT2D eigenvalue weighted by molar-refractivity contribution is -0.180. The quantitative estimate of drug-likeness (QED) is 0.357. The van der Waals surface area contributed by atoms with Crippen LogP contribution in [0.15, 0.2) is 70.2 Å². The van der Waals surface area contributed by atoms with Gasteiger partial charge in [0.2, 0.25) is 5.82 Å². The van der Waals surface area contributed by atoms with Crippen LogP contribution in [-0.4, -0.2) is 25.9 Å². The van der Waals surface area contributed by atoms with Crippen LogP contribution < -0.4 is 5.56 Å². The minimum Gasteiger partial charge on any atom is -0.334 e. The normalized spacial score (nSPS) is 12.2. The van der Waals surface area contributed by atoms with Gasteiger partial charge in [-0.15, -0.1) is 0 Å². The van der Waals surface area contributed by atoms with E-state index in [2.05, 4.69) is 15.1 Å². The topological polar surface area (TPSA) is 73.8 Å². The number of benzene rings is 1. The standard InChI is InChI=1S/C23H18ClF3N4O2/c1-22(2,23(25,26)27)17-7-4-15(5-8-17)20-29-21(33-30-20)16-6-10-19(32)31(13-16)12-14-3-9-18(24)28-11-14/h3-11,13H,12H2,1-2H3. The van der Waals surface area contributed by atoms with Gasteiger partial charge in [-0.25, -0.2) is 4.98 Å². The zero-order valence-electron chi connectivity index (χ0n) is 17.6. The summed E-state index contributed by atoms with van der Waals surface area (Å²) >= 11 is 5.80. The predicted octanol–water partition coefficient (Wildman–Crippen LogP) is 5.50. The van der Waals surface area contributed by atoms with E-state index in [1.807, 2.05) is 0 Å². The molecule has 0 bridgehead atoms. The Bertz CT molecular complexity index is 1330. The van der Waals surface area contributed by atoms with Gasteiger partial charge in [-0.05, 0) is 37.1 Å². The Morgan fingerprint density at radius 3 is 2.33 bits per heavy atom. The lowest BCUT2D eigenvalue weighted by atomic mass is 9.83. The van der Waals surface area contributed by atoms with Crippen molar-refractivity contribution in [2.24, 2.45) is 0 Å². The molecule has 0 N–H and O–H groups in total. The summed E-state index contributed by atoms with van der Waals surface area (Å²) in [7, 11) is 0. The maximum Gasteiger partial charge on any atom is 0.397 e. The van der Waals surface area contributed by atoms with E-state index in [4.69, 9.17) is 16.1 Å². The third kappa shape index (κ3) is 4.68. The van der Waals surface area contributed by atoms with Crippen molar-refractivity contribution < 1.29 is 17.7 Å². The van der Waals surface area contributed by atoms with Gasteiger partial charge in [-0.1, -0.05) is 47.1 Å². The van der Waals surface area contributed by atoms with Crippen molar-refractivity contribution >= 4 is 11.6 Å². The Balaban J connectivity index is 1.59. The highest BCUT2D eigenvalue weighted by Gasteiger charge is 2.48. The van der Waals surface area contributed by atoms with Gasteiger partial charge < -0.3 is 9.09 Å². The summed E-state index contributed by atoms with van der Waals surface area (Å²) in [4.78, 5) is 20.6. The van der Waals surface area contributed by atoms with Gasteiger partial charge in [-0.2, -0.15) is 18.2 Å². The first kappa shape index (κ1) is 22.7. The molecule has 10 heteroatoms. The van der Waals surface area contributed by atoms with Gasteiger partial charge in [0, 0.05) is 24.0 Å². The molecule has 0 aliphatic rings. The molecule has 33 heavy (non-hydrogen) atoms. The number of aromatic nitrogens is 4. The average Bonchev–Trinajstić information content (AvgIpc) is 3.26. The molecule has 0 aliphatic heterocycles. The lowest BCUT2D eigenvalue weighted by Gasteiger charge is -2.28. The van der Waals surface area contributed by atoms with Gasteiger partial charge in [0.25, 0.3) is 11.4 Å². The van der Waals surface area contributed by atoms with Gasteiger partial charge in [-0.3, -0.25) is 4.79 Å². The summed E-state index contributed by atoms with van der Waals surface area (Å²) in [5.74, 6) is 0.397. The van der Waals surface area contributed by atoms with Gasteiger partial charge in [0.05, 0.1) is 17.5 Å². The van der Waals surface area contributed by atoms with Gasteiger partial charge in [0.15, 0.2) is 0 Å². The summed E-state index contributed by atoms with van der Waals surface area (Å²) in [6.45, 7) is 2.53. The van der Waals surface area contributed by atoms with Gasteiger partial charge >= 0.3 is 6.18 Å². The molecule has 6 nitrogen and oxygen atoms in total. The van der Waals surface area contributed by atoms with Crippen molar-refractivity contribution in [3.63, 3.8) is 0 Å². The molecular weight excluding hydrogens is 457 g/mol. The smallest absolute Gasteiger partial charge is 0.334 e. The Morgan fingerprint density at radius 1 is 1.00 bits per heavy atom. The zero-order chi connectivity index (χ0) is 23.8. The molecule has 0 saturated carbocycles. The van der Waals surface area contributed by atoms with E-state index in [1.54, 1.807) is 30.6 Å². The average molecular weight is 475 g/mol. The van der Waals surface area contributed by atoms with E-state index in [0.29, 0.717) is 16.3 Å². The van der Waals surface area contributed by atoms with Crippen LogP contribution in [0.3, 0.4) is 0 Å². The molecule has 4 rings (SSSR count). The highest BCUT2D eigenvalue weighted by atomic mass is 35.5. The molecule has 4 aromatic rings. The molecule has 170 valence electrons. The van der Waals surface area contributed by atoms with Crippen LogP contribution in [0.4, 0.5) is 13.2 Å². The number of alkyl halides is 3.